The van der Waals surface area contributed by atoms with E-state index in [1.807, 2.05) is 13.0 Å². The molecule has 0 heterocycles. The molecule has 0 aromatic carbocycles. The third-order valence-corrected chi connectivity index (χ3v) is 6.51. The monoisotopic (exact) mass is 402 g/mol. The maximum atomic E-state index is 12.3. The zero-order valence-corrected chi connectivity index (χ0v) is 18.0. The number of esters is 1. The Labute approximate surface area is 173 Å². The van der Waals surface area contributed by atoms with Crippen molar-refractivity contribution in [3.8, 4) is 0 Å². The minimum Gasteiger partial charge on any atom is -0.481 e. The summed E-state index contributed by atoms with van der Waals surface area (Å²) >= 11 is 0. The van der Waals surface area contributed by atoms with Gasteiger partial charge in [0, 0.05) is 17.9 Å². The third-order valence-electron chi connectivity index (χ3n) is 6.51. The van der Waals surface area contributed by atoms with Gasteiger partial charge in [-0.05, 0) is 49.2 Å². The van der Waals surface area contributed by atoms with Crippen LogP contribution >= 0.6 is 0 Å². The highest BCUT2D eigenvalue weighted by atomic mass is 16.5. The van der Waals surface area contributed by atoms with E-state index < -0.39 is 29.4 Å². The Morgan fingerprint density at radius 2 is 2.03 bits per heavy atom. The molecule has 5 nitrogen and oxygen atoms in total. The predicted molar refractivity (Wildman–Crippen MR) is 112 cm³/mol. The number of hydrogen-bond donors (Lipinski definition) is 1. The molecule has 1 fully saturated rings. The highest BCUT2D eigenvalue weighted by Gasteiger charge is 2.50. The van der Waals surface area contributed by atoms with Gasteiger partial charge in [-0.15, -0.1) is 0 Å². The first kappa shape index (κ1) is 23.1. The minimum atomic E-state index is -0.853. The molecule has 0 spiro atoms. The molecule has 5 atom stereocenters. The van der Waals surface area contributed by atoms with Crippen LogP contribution in [0.1, 0.15) is 66.2 Å². The van der Waals surface area contributed by atoms with Gasteiger partial charge < -0.3 is 9.84 Å². The summed E-state index contributed by atoms with van der Waals surface area (Å²) in [6.45, 7) is 8.45. The van der Waals surface area contributed by atoms with Crippen LogP contribution in [0.4, 0.5) is 0 Å². The molecule has 5 unspecified atom stereocenters. The number of ketones is 1. The van der Waals surface area contributed by atoms with E-state index in [9.17, 15) is 19.5 Å². The first-order valence-electron chi connectivity index (χ1n) is 10.7. The normalized spacial score (nSPS) is 29.4. The van der Waals surface area contributed by atoms with E-state index >= 15 is 0 Å². The van der Waals surface area contributed by atoms with Crippen molar-refractivity contribution >= 4 is 17.7 Å². The number of hydrogen-bond acceptors (Lipinski definition) is 4. The van der Waals surface area contributed by atoms with Crippen LogP contribution in [-0.2, 0) is 19.1 Å². The molecule has 0 saturated heterocycles. The van der Waals surface area contributed by atoms with E-state index in [0.717, 1.165) is 12.8 Å². The first-order valence-corrected chi connectivity index (χ1v) is 10.7. The predicted octanol–water partition coefficient (Wildman–Crippen LogP) is 4.87. The molecule has 0 amide bonds. The van der Waals surface area contributed by atoms with Crippen LogP contribution in [0, 0.1) is 23.2 Å². The topological polar surface area (TPSA) is 80.7 Å². The van der Waals surface area contributed by atoms with Gasteiger partial charge in [0.2, 0.25) is 0 Å². The number of fused-ring (bicyclic) bond motifs is 1. The van der Waals surface area contributed by atoms with E-state index in [4.69, 9.17) is 4.74 Å². The van der Waals surface area contributed by atoms with Gasteiger partial charge in [0.15, 0.2) is 5.78 Å². The van der Waals surface area contributed by atoms with Crippen molar-refractivity contribution in [2.45, 2.75) is 72.3 Å². The summed E-state index contributed by atoms with van der Waals surface area (Å²) in [5.74, 6) is -0.791. The molecule has 2 rings (SSSR count). The van der Waals surface area contributed by atoms with E-state index in [0.29, 0.717) is 43.1 Å². The van der Waals surface area contributed by atoms with Gasteiger partial charge in [-0.2, -0.15) is 0 Å². The quantitative estimate of drug-likeness (QED) is 0.356. The van der Waals surface area contributed by atoms with Crippen LogP contribution in [-0.4, -0.2) is 28.9 Å². The van der Waals surface area contributed by atoms with Crippen LogP contribution < -0.4 is 0 Å². The van der Waals surface area contributed by atoms with Gasteiger partial charge in [0.05, 0.1) is 5.92 Å². The summed E-state index contributed by atoms with van der Waals surface area (Å²) in [5.41, 5.74) is 0.0182. The average Bonchev–Trinajstić information content (AvgIpc) is 2.65. The number of aliphatic carboxylic acids is 1. The second-order valence-corrected chi connectivity index (χ2v) is 8.85. The molecule has 0 aromatic rings. The van der Waals surface area contributed by atoms with Crippen LogP contribution in [0.15, 0.2) is 36.0 Å². The molecular weight excluding hydrogens is 368 g/mol. The van der Waals surface area contributed by atoms with Crippen LogP contribution in [0.3, 0.4) is 0 Å². The molecule has 0 bridgehead atoms. The summed E-state index contributed by atoms with van der Waals surface area (Å²) in [6.07, 6.45) is 11.9. The van der Waals surface area contributed by atoms with Crippen molar-refractivity contribution in [2.24, 2.45) is 23.2 Å². The van der Waals surface area contributed by atoms with Gasteiger partial charge in [-0.1, -0.05) is 52.3 Å². The highest BCUT2D eigenvalue weighted by molar-refractivity contribution is 5.92. The molecule has 1 N–H and O–H groups in total. The molecule has 29 heavy (non-hydrogen) atoms. The molecule has 1 saturated carbocycles. The van der Waals surface area contributed by atoms with E-state index in [1.165, 1.54) is 12.2 Å². The lowest BCUT2D eigenvalue weighted by atomic mass is 9.59. The zero-order chi connectivity index (χ0) is 21.6. The second kappa shape index (κ2) is 10.0. The molecule has 5 heteroatoms. The third kappa shape index (κ3) is 5.91. The van der Waals surface area contributed by atoms with Gasteiger partial charge >= 0.3 is 11.9 Å². The smallest absolute Gasteiger partial charge is 0.331 e. The lowest BCUT2D eigenvalue weighted by Crippen LogP contribution is -2.46. The number of allylic oxidation sites excluding steroid dienone is 4. The lowest BCUT2D eigenvalue weighted by Gasteiger charge is -2.46. The Bertz CT molecular complexity index is 717. The number of rotatable bonds is 8. The SMILES string of the molecule is CCC(C)CC(C)/C=C/C=C/C(=O)OC1CCC(C(=O)O)C2(C)CCC(=O)C=C12. The number of carbonyl (C=O) groups is 3. The number of carboxylic acid groups (broad SMARTS) is 1. The van der Waals surface area contributed by atoms with Crippen molar-refractivity contribution in [3.05, 3.63) is 36.0 Å². The summed E-state index contributed by atoms with van der Waals surface area (Å²) < 4.78 is 5.62. The lowest BCUT2D eigenvalue weighted by molar-refractivity contribution is -0.151. The Morgan fingerprint density at radius 1 is 1.31 bits per heavy atom. The van der Waals surface area contributed by atoms with E-state index in [1.54, 1.807) is 6.08 Å². The fourth-order valence-corrected chi connectivity index (χ4v) is 4.53. The highest BCUT2D eigenvalue weighted by Crippen LogP contribution is 2.51. The van der Waals surface area contributed by atoms with Crippen molar-refractivity contribution in [3.63, 3.8) is 0 Å². The fourth-order valence-electron chi connectivity index (χ4n) is 4.53. The average molecular weight is 403 g/mol. The fraction of sp³-hybridized carbons (Fsp3) is 0.625. The maximum absolute atomic E-state index is 12.3. The summed E-state index contributed by atoms with van der Waals surface area (Å²) in [6, 6.07) is 0. The number of carbonyl (C=O) groups excluding carboxylic acids is 2. The number of carboxylic acids is 1. The van der Waals surface area contributed by atoms with Gasteiger partial charge in [0.1, 0.15) is 6.10 Å². The Morgan fingerprint density at radius 3 is 2.69 bits per heavy atom. The van der Waals surface area contributed by atoms with Crippen molar-refractivity contribution in [1.82, 2.24) is 0 Å². The van der Waals surface area contributed by atoms with E-state index in [-0.39, 0.29) is 5.78 Å². The van der Waals surface area contributed by atoms with Crippen LogP contribution in [0.25, 0.3) is 0 Å². The van der Waals surface area contributed by atoms with Gasteiger partial charge in [-0.3, -0.25) is 9.59 Å². The molecule has 0 radical (unpaired) electrons. The number of ether oxygens (including phenoxy) is 1. The van der Waals surface area contributed by atoms with Crippen LogP contribution in [0.2, 0.25) is 0 Å². The first-order chi connectivity index (χ1) is 13.7. The zero-order valence-electron chi connectivity index (χ0n) is 18.0. The molecule has 2 aliphatic rings. The van der Waals surface area contributed by atoms with Crippen molar-refractivity contribution in [2.75, 3.05) is 0 Å². The maximum Gasteiger partial charge on any atom is 0.331 e. The second-order valence-electron chi connectivity index (χ2n) is 8.85. The molecule has 160 valence electrons. The summed E-state index contributed by atoms with van der Waals surface area (Å²) in [7, 11) is 0. The largest absolute Gasteiger partial charge is 0.481 e. The Kier molecular flexibility index (Phi) is 8.00. The van der Waals surface area contributed by atoms with Crippen molar-refractivity contribution in [1.29, 1.82) is 0 Å². The standard InChI is InChI=1S/C24H34O5/c1-5-16(2)14-17(3)8-6-7-9-22(26)29-21-11-10-19(23(27)28)24(4)13-12-18(25)15-20(21)24/h6-9,15-17,19,21H,5,10-14H2,1-4H3,(H,27,28)/b8-6+,9-7+. The summed E-state index contributed by atoms with van der Waals surface area (Å²) in [4.78, 5) is 35.9. The van der Waals surface area contributed by atoms with E-state index in [2.05, 4.69) is 26.8 Å². The molecule has 0 aromatic heterocycles. The molecule has 0 aliphatic heterocycles. The van der Waals surface area contributed by atoms with Gasteiger partial charge in [0.25, 0.3) is 0 Å². The minimum absolute atomic E-state index is 0.0293. The molecule has 2 aliphatic carbocycles. The van der Waals surface area contributed by atoms with Gasteiger partial charge in [-0.25, -0.2) is 4.79 Å². The Hall–Kier alpha value is -2.17. The summed E-state index contributed by atoms with van der Waals surface area (Å²) in [5, 5.41) is 9.60. The van der Waals surface area contributed by atoms with Crippen molar-refractivity contribution < 1.29 is 24.2 Å². The van der Waals surface area contributed by atoms with Crippen LogP contribution in [0.5, 0.6) is 0 Å². The Balaban J connectivity index is 2.01. The molecular formula is C24H34O5.